The summed E-state index contributed by atoms with van der Waals surface area (Å²) in [7, 11) is 0. The van der Waals surface area contributed by atoms with E-state index >= 15 is 0 Å². The van der Waals surface area contributed by atoms with E-state index in [4.69, 9.17) is 14.2 Å². The van der Waals surface area contributed by atoms with E-state index in [0.717, 1.165) is 41.2 Å². The van der Waals surface area contributed by atoms with Gasteiger partial charge in [0.05, 0.1) is 3.79 Å². The Hall–Kier alpha value is -1.24. The second-order valence-electron chi connectivity index (χ2n) is 5.28. The van der Waals surface area contributed by atoms with Crippen LogP contribution < -0.4 is 19.5 Å². The van der Waals surface area contributed by atoms with Crippen LogP contribution in [0.4, 0.5) is 0 Å². The number of ether oxygens (including phenoxy) is 3. The second kappa shape index (κ2) is 8.04. The van der Waals surface area contributed by atoms with Crippen molar-refractivity contribution < 1.29 is 14.2 Å². The smallest absolute Gasteiger partial charge is 0.231 e. The predicted octanol–water partition coefficient (Wildman–Crippen LogP) is 4.75. The van der Waals surface area contributed by atoms with Gasteiger partial charge in [-0.2, -0.15) is 0 Å². The number of halogens is 1. The molecular formula is C17H20BrNO3S. The SMILES string of the molecule is CCCNCC[C@H](Oc1cccc2c1OCO2)c1ccc(Br)s1. The third kappa shape index (κ3) is 4.19. The van der Waals surface area contributed by atoms with E-state index in [9.17, 15) is 0 Å². The normalized spacial score (nSPS) is 14.0. The lowest BCUT2D eigenvalue weighted by atomic mass is 10.2. The lowest BCUT2D eigenvalue weighted by Gasteiger charge is -2.19. The van der Waals surface area contributed by atoms with Crippen molar-refractivity contribution in [2.75, 3.05) is 19.9 Å². The van der Waals surface area contributed by atoms with Crippen molar-refractivity contribution in [1.82, 2.24) is 5.32 Å². The number of hydrogen-bond donors (Lipinski definition) is 1. The highest BCUT2D eigenvalue weighted by Gasteiger charge is 2.22. The molecule has 3 rings (SSSR count). The van der Waals surface area contributed by atoms with E-state index in [-0.39, 0.29) is 12.9 Å². The topological polar surface area (TPSA) is 39.7 Å². The van der Waals surface area contributed by atoms with Crippen molar-refractivity contribution in [2.45, 2.75) is 25.9 Å². The molecule has 0 radical (unpaired) electrons. The molecule has 1 atom stereocenters. The number of nitrogens with one attached hydrogen (secondary N) is 1. The monoisotopic (exact) mass is 397 g/mol. The Kier molecular flexibility index (Phi) is 5.80. The Morgan fingerprint density at radius 1 is 1.26 bits per heavy atom. The molecule has 0 spiro atoms. The van der Waals surface area contributed by atoms with Crippen molar-refractivity contribution in [3.05, 3.63) is 39.0 Å². The maximum absolute atomic E-state index is 6.28. The summed E-state index contributed by atoms with van der Waals surface area (Å²) in [5.41, 5.74) is 0. The summed E-state index contributed by atoms with van der Waals surface area (Å²) in [4.78, 5) is 1.20. The van der Waals surface area contributed by atoms with Crippen molar-refractivity contribution in [2.24, 2.45) is 0 Å². The molecule has 1 N–H and O–H groups in total. The van der Waals surface area contributed by atoms with Crippen LogP contribution in [-0.4, -0.2) is 19.9 Å². The average molecular weight is 398 g/mol. The number of benzene rings is 1. The Balaban J connectivity index is 1.74. The molecule has 1 aliphatic heterocycles. The zero-order valence-electron chi connectivity index (χ0n) is 13.0. The first-order valence-corrected chi connectivity index (χ1v) is 9.40. The number of fused-ring (bicyclic) bond motifs is 1. The van der Waals surface area contributed by atoms with Gasteiger partial charge in [0.15, 0.2) is 11.5 Å². The van der Waals surface area contributed by atoms with Crippen LogP contribution >= 0.6 is 27.3 Å². The molecule has 2 heterocycles. The Bertz CT molecular complexity index is 647. The Morgan fingerprint density at radius 3 is 2.96 bits per heavy atom. The van der Waals surface area contributed by atoms with E-state index in [1.54, 1.807) is 11.3 Å². The minimum Gasteiger partial charge on any atom is -0.481 e. The van der Waals surface area contributed by atoms with Crippen molar-refractivity contribution in [3.8, 4) is 17.2 Å². The molecule has 0 aliphatic carbocycles. The van der Waals surface area contributed by atoms with Crippen LogP contribution in [0.25, 0.3) is 0 Å². The van der Waals surface area contributed by atoms with Crippen molar-refractivity contribution in [1.29, 1.82) is 0 Å². The highest BCUT2D eigenvalue weighted by atomic mass is 79.9. The van der Waals surface area contributed by atoms with Crippen LogP contribution in [0.5, 0.6) is 17.2 Å². The van der Waals surface area contributed by atoms with Gasteiger partial charge in [0.25, 0.3) is 0 Å². The zero-order chi connectivity index (χ0) is 16.1. The van der Waals surface area contributed by atoms with Crippen molar-refractivity contribution >= 4 is 27.3 Å². The van der Waals surface area contributed by atoms with Crippen LogP contribution in [0.2, 0.25) is 0 Å². The van der Waals surface area contributed by atoms with Gasteiger partial charge >= 0.3 is 0 Å². The highest BCUT2D eigenvalue weighted by molar-refractivity contribution is 9.11. The van der Waals surface area contributed by atoms with Gasteiger partial charge in [-0.05, 0) is 59.7 Å². The zero-order valence-corrected chi connectivity index (χ0v) is 15.4. The maximum atomic E-state index is 6.28. The van der Waals surface area contributed by atoms with Gasteiger partial charge in [-0.15, -0.1) is 11.3 Å². The third-order valence-corrected chi connectivity index (χ3v) is 5.27. The minimum atomic E-state index is -0.00800. The molecule has 4 nitrogen and oxygen atoms in total. The fraction of sp³-hybridized carbons (Fsp3) is 0.412. The molecule has 23 heavy (non-hydrogen) atoms. The van der Waals surface area contributed by atoms with Gasteiger partial charge in [0, 0.05) is 11.3 Å². The number of para-hydroxylation sites is 1. The standard InChI is InChI=1S/C17H20BrNO3S/c1-2-9-19-10-8-12(15-6-7-16(18)23-15)22-14-5-3-4-13-17(14)21-11-20-13/h3-7,12,19H,2,8-11H2,1H3/t12-/m0/s1. The highest BCUT2D eigenvalue weighted by Crippen LogP contribution is 2.43. The van der Waals surface area contributed by atoms with E-state index in [1.807, 2.05) is 18.2 Å². The number of hydrogen-bond acceptors (Lipinski definition) is 5. The molecule has 1 aromatic heterocycles. The number of rotatable bonds is 8. The summed E-state index contributed by atoms with van der Waals surface area (Å²) in [6.45, 7) is 4.36. The van der Waals surface area contributed by atoms with Crippen LogP contribution in [0.1, 0.15) is 30.7 Å². The molecule has 0 bridgehead atoms. The molecular weight excluding hydrogens is 378 g/mol. The third-order valence-electron chi connectivity index (χ3n) is 3.55. The molecule has 2 aromatic rings. The fourth-order valence-corrected chi connectivity index (χ4v) is 3.93. The van der Waals surface area contributed by atoms with Gasteiger partial charge in [0.1, 0.15) is 6.10 Å². The van der Waals surface area contributed by atoms with E-state index in [0.29, 0.717) is 5.75 Å². The summed E-state index contributed by atoms with van der Waals surface area (Å²) in [5, 5.41) is 3.44. The van der Waals surface area contributed by atoms with Crippen LogP contribution in [0.3, 0.4) is 0 Å². The molecule has 1 aromatic carbocycles. The van der Waals surface area contributed by atoms with E-state index < -0.39 is 0 Å². The van der Waals surface area contributed by atoms with Gasteiger partial charge in [-0.1, -0.05) is 13.0 Å². The second-order valence-corrected chi connectivity index (χ2v) is 7.77. The molecule has 0 amide bonds. The molecule has 124 valence electrons. The summed E-state index contributed by atoms with van der Waals surface area (Å²) in [5.74, 6) is 2.19. The van der Waals surface area contributed by atoms with Gasteiger partial charge < -0.3 is 19.5 Å². The van der Waals surface area contributed by atoms with Crippen LogP contribution in [-0.2, 0) is 0 Å². The average Bonchev–Trinajstić information content (AvgIpc) is 3.19. The molecule has 6 heteroatoms. The molecule has 0 fully saturated rings. The van der Waals surface area contributed by atoms with Gasteiger partial charge in [-0.3, -0.25) is 0 Å². The minimum absolute atomic E-state index is 0.00800. The Labute approximate surface area is 148 Å². The summed E-state index contributed by atoms with van der Waals surface area (Å²) < 4.78 is 18.4. The molecule has 0 unspecified atom stereocenters. The lowest BCUT2D eigenvalue weighted by Crippen LogP contribution is -2.20. The summed E-state index contributed by atoms with van der Waals surface area (Å²) in [6, 6.07) is 9.93. The van der Waals surface area contributed by atoms with E-state index in [2.05, 4.69) is 40.3 Å². The predicted molar refractivity (Wildman–Crippen MR) is 95.7 cm³/mol. The van der Waals surface area contributed by atoms with Crippen LogP contribution in [0.15, 0.2) is 34.1 Å². The quantitative estimate of drug-likeness (QED) is 0.652. The molecule has 0 saturated heterocycles. The lowest BCUT2D eigenvalue weighted by molar-refractivity contribution is 0.159. The summed E-state index contributed by atoms with van der Waals surface area (Å²) >= 11 is 5.24. The van der Waals surface area contributed by atoms with Crippen LogP contribution in [0, 0.1) is 0 Å². The number of thiophene rings is 1. The largest absolute Gasteiger partial charge is 0.481 e. The Morgan fingerprint density at radius 2 is 2.17 bits per heavy atom. The summed E-state index contributed by atoms with van der Waals surface area (Å²) in [6.07, 6.45) is 2.02. The first-order valence-electron chi connectivity index (χ1n) is 7.79. The first-order chi connectivity index (χ1) is 11.3. The van der Waals surface area contributed by atoms with Gasteiger partial charge in [0.2, 0.25) is 12.5 Å². The fourth-order valence-electron chi connectivity index (χ4n) is 2.45. The molecule has 0 saturated carbocycles. The van der Waals surface area contributed by atoms with Gasteiger partial charge in [-0.25, -0.2) is 0 Å². The van der Waals surface area contributed by atoms with E-state index in [1.165, 1.54) is 4.88 Å². The molecule has 1 aliphatic rings. The first kappa shape index (κ1) is 16.6. The van der Waals surface area contributed by atoms with Crippen molar-refractivity contribution in [3.63, 3.8) is 0 Å². The maximum Gasteiger partial charge on any atom is 0.231 e.